The molecular formula is C19H31NO. The highest BCUT2D eigenvalue weighted by Crippen LogP contribution is 2.38. The van der Waals surface area contributed by atoms with E-state index in [9.17, 15) is 0 Å². The number of ether oxygens (including phenoxy) is 1. The second-order valence-electron chi connectivity index (χ2n) is 7.19. The number of benzene rings is 1. The molecule has 2 N–H and O–H groups in total. The maximum absolute atomic E-state index is 6.56. The molecule has 0 saturated heterocycles. The van der Waals surface area contributed by atoms with E-state index < -0.39 is 0 Å². The van der Waals surface area contributed by atoms with Gasteiger partial charge in [-0.2, -0.15) is 0 Å². The van der Waals surface area contributed by atoms with Crippen LogP contribution < -0.4 is 5.73 Å². The van der Waals surface area contributed by atoms with Crippen LogP contribution in [-0.2, 0) is 4.74 Å². The van der Waals surface area contributed by atoms with Crippen LogP contribution in [0.5, 0.6) is 0 Å². The smallest absolute Gasteiger partial charge is 0.0976 e. The van der Waals surface area contributed by atoms with Crippen molar-refractivity contribution in [2.24, 2.45) is 23.5 Å². The Kier molecular flexibility index (Phi) is 5.83. The topological polar surface area (TPSA) is 35.2 Å². The second kappa shape index (κ2) is 7.42. The van der Waals surface area contributed by atoms with Crippen LogP contribution in [0.4, 0.5) is 0 Å². The highest BCUT2D eigenvalue weighted by molar-refractivity contribution is 5.19. The Balaban J connectivity index is 2.14. The second-order valence-corrected chi connectivity index (χ2v) is 7.19. The summed E-state index contributed by atoms with van der Waals surface area (Å²) in [6.45, 7) is 9.03. The SMILES string of the molecule is CC1CCC(C(C)C)C(OC(c2ccccc2)C(C)N)C1. The fraction of sp³-hybridized carbons (Fsp3) is 0.684. The minimum Gasteiger partial charge on any atom is -0.368 e. The van der Waals surface area contributed by atoms with Gasteiger partial charge in [-0.25, -0.2) is 0 Å². The summed E-state index contributed by atoms with van der Waals surface area (Å²) in [4.78, 5) is 0. The Bertz CT molecular complexity index is 415. The zero-order chi connectivity index (χ0) is 15.4. The third kappa shape index (κ3) is 4.31. The van der Waals surface area contributed by atoms with Crippen molar-refractivity contribution in [1.29, 1.82) is 0 Å². The van der Waals surface area contributed by atoms with Crippen LogP contribution in [-0.4, -0.2) is 12.1 Å². The van der Waals surface area contributed by atoms with Gasteiger partial charge in [0.1, 0.15) is 0 Å². The van der Waals surface area contributed by atoms with Crippen molar-refractivity contribution in [2.45, 2.75) is 65.2 Å². The summed E-state index contributed by atoms with van der Waals surface area (Å²) in [5.41, 5.74) is 7.42. The molecule has 1 aromatic carbocycles. The number of hydrogen-bond donors (Lipinski definition) is 1. The fourth-order valence-electron chi connectivity index (χ4n) is 3.61. The van der Waals surface area contributed by atoms with Gasteiger partial charge in [-0.15, -0.1) is 0 Å². The molecule has 0 amide bonds. The van der Waals surface area contributed by atoms with Crippen LogP contribution in [0.25, 0.3) is 0 Å². The summed E-state index contributed by atoms with van der Waals surface area (Å²) in [6.07, 6.45) is 4.12. The van der Waals surface area contributed by atoms with Crippen LogP contribution >= 0.6 is 0 Å². The molecule has 0 radical (unpaired) electrons. The maximum atomic E-state index is 6.56. The monoisotopic (exact) mass is 289 g/mol. The highest BCUT2D eigenvalue weighted by atomic mass is 16.5. The quantitative estimate of drug-likeness (QED) is 0.863. The van der Waals surface area contributed by atoms with Crippen LogP contribution in [0.3, 0.4) is 0 Å². The van der Waals surface area contributed by atoms with E-state index in [4.69, 9.17) is 10.5 Å². The van der Waals surface area contributed by atoms with E-state index in [-0.39, 0.29) is 12.1 Å². The standard InChI is InChI=1S/C19H31NO/c1-13(2)17-11-10-14(3)12-18(17)21-19(15(4)20)16-8-6-5-7-9-16/h5-9,13-15,17-19H,10-12,20H2,1-4H3. The van der Waals surface area contributed by atoms with Gasteiger partial charge in [-0.1, -0.05) is 57.5 Å². The molecule has 1 aliphatic rings. The van der Waals surface area contributed by atoms with Gasteiger partial charge in [0.25, 0.3) is 0 Å². The molecule has 5 unspecified atom stereocenters. The molecule has 1 aliphatic carbocycles. The largest absolute Gasteiger partial charge is 0.368 e. The molecule has 118 valence electrons. The fourth-order valence-corrected chi connectivity index (χ4v) is 3.61. The summed E-state index contributed by atoms with van der Waals surface area (Å²) in [5, 5.41) is 0. The Morgan fingerprint density at radius 1 is 1.10 bits per heavy atom. The normalized spacial score (nSPS) is 29.3. The molecule has 0 spiro atoms. The van der Waals surface area contributed by atoms with E-state index in [2.05, 4.69) is 45.0 Å². The zero-order valence-electron chi connectivity index (χ0n) is 14.0. The molecule has 0 bridgehead atoms. The molecular weight excluding hydrogens is 258 g/mol. The summed E-state index contributed by atoms with van der Waals surface area (Å²) in [5.74, 6) is 2.09. The van der Waals surface area contributed by atoms with Gasteiger partial charge in [-0.05, 0) is 43.1 Å². The lowest BCUT2D eigenvalue weighted by molar-refractivity contribution is -0.0884. The van der Waals surface area contributed by atoms with Gasteiger partial charge in [0.2, 0.25) is 0 Å². The van der Waals surface area contributed by atoms with Gasteiger partial charge in [0.15, 0.2) is 0 Å². The molecule has 21 heavy (non-hydrogen) atoms. The van der Waals surface area contributed by atoms with Crippen LogP contribution in [0.15, 0.2) is 30.3 Å². The van der Waals surface area contributed by atoms with Crippen LogP contribution in [0, 0.1) is 17.8 Å². The molecule has 5 atom stereocenters. The van der Waals surface area contributed by atoms with Gasteiger partial charge in [-0.3, -0.25) is 0 Å². The van der Waals surface area contributed by atoms with E-state index in [1.54, 1.807) is 0 Å². The van der Waals surface area contributed by atoms with E-state index in [0.29, 0.717) is 17.9 Å². The van der Waals surface area contributed by atoms with Crippen molar-refractivity contribution in [3.8, 4) is 0 Å². The average Bonchev–Trinajstić information content (AvgIpc) is 2.45. The van der Waals surface area contributed by atoms with E-state index in [1.165, 1.54) is 24.8 Å². The molecule has 2 rings (SSSR count). The van der Waals surface area contributed by atoms with Crippen molar-refractivity contribution in [3.63, 3.8) is 0 Å². The summed E-state index contributed by atoms with van der Waals surface area (Å²) < 4.78 is 6.56. The first-order chi connectivity index (χ1) is 9.99. The lowest BCUT2D eigenvalue weighted by atomic mass is 9.75. The van der Waals surface area contributed by atoms with Gasteiger partial charge < -0.3 is 10.5 Å². The first-order valence-corrected chi connectivity index (χ1v) is 8.45. The predicted molar refractivity (Wildman–Crippen MR) is 89.0 cm³/mol. The van der Waals surface area contributed by atoms with Gasteiger partial charge >= 0.3 is 0 Å². The number of rotatable bonds is 5. The van der Waals surface area contributed by atoms with Gasteiger partial charge in [0.05, 0.1) is 12.2 Å². The van der Waals surface area contributed by atoms with Crippen molar-refractivity contribution in [1.82, 2.24) is 0 Å². The van der Waals surface area contributed by atoms with Crippen molar-refractivity contribution in [3.05, 3.63) is 35.9 Å². The van der Waals surface area contributed by atoms with Crippen molar-refractivity contribution >= 4 is 0 Å². The van der Waals surface area contributed by atoms with Crippen molar-refractivity contribution < 1.29 is 4.74 Å². The Morgan fingerprint density at radius 2 is 1.76 bits per heavy atom. The molecule has 2 heteroatoms. The third-order valence-corrected chi connectivity index (χ3v) is 4.89. The number of hydrogen-bond acceptors (Lipinski definition) is 2. The predicted octanol–water partition coefficient (Wildman–Crippen LogP) is 4.55. The lowest BCUT2D eigenvalue weighted by Crippen LogP contribution is -2.38. The summed E-state index contributed by atoms with van der Waals surface area (Å²) in [7, 11) is 0. The van der Waals surface area contributed by atoms with E-state index in [0.717, 1.165) is 5.92 Å². The molecule has 0 heterocycles. The Hall–Kier alpha value is -0.860. The highest BCUT2D eigenvalue weighted by Gasteiger charge is 2.34. The first-order valence-electron chi connectivity index (χ1n) is 8.45. The molecule has 2 nitrogen and oxygen atoms in total. The minimum atomic E-state index is 0.00255. The number of nitrogens with two attached hydrogens (primary N) is 1. The summed E-state index contributed by atoms with van der Waals surface area (Å²) >= 11 is 0. The lowest BCUT2D eigenvalue weighted by Gasteiger charge is -2.40. The zero-order valence-corrected chi connectivity index (χ0v) is 14.0. The Labute approximate surface area is 130 Å². The van der Waals surface area contributed by atoms with E-state index >= 15 is 0 Å². The molecule has 0 aliphatic heterocycles. The third-order valence-electron chi connectivity index (χ3n) is 4.89. The maximum Gasteiger partial charge on any atom is 0.0976 e. The molecule has 0 aromatic heterocycles. The molecule has 1 fully saturated rings. The first kappa shape index (κ1) is 16.5. The van der Waals surface area contributed by atoms with Crippen molar-refractivity contribution in [2.75, 3.05) is 0 Å². The average molecular weight is 289 g/mol. The van der Waals surface area contributed by atoms with Gasteiger partial charge in [0, 0.05) is 6.04 Å². The minimum absolute atomic E-state index is 0.00255. The summed E-state index contributed by atoms with van der Waals surface area (Å²) in [6, 6.07) is 10.4. The van der Waals surface area contributed by atoms with Crippen LogP contribution in [0.2, 0.25) is 0 Å². The van der Waals surface area contributed by atoms with E-state index in [1.807, 2.05) is 13.0 Å². The molecule has 1 aromatic rings. The molecule has 1 saturated carbocycles. The van der Waals surface area contributed by atoms with Crippen LogP contribution in [0.1, 0.15) is 58.6 Å². The Morgan fingerprint density at radius 3 is 2.33 bits per heavy atom.